The molecule has 2 aromatic carbocycles. The van der Waals surface area contributed by atoms with Gasteiger partial charge in [0.15, 0.2) is 0 Å². The highest BCUT2D eigenvalue weighted by molar-refractivity contribution is 14.1. The van der Waals surface area contributed by atoms with Crippen molar-refractivity contribution in [3.05, 3.63) is 56.5 Å². The molecule has 0 fully saturated rings. The number of anilines is 1. The number of aromatic amines is 1. The normalized spacial score (nSPS) is 10.8. The van der Waals surface area contributed by atoms with E-state index in [0.717, 1.165) is 14.6 Å². The number of hydrogen-bond donors (Lipinski definition) is 2. The van der Waals surface area contributed by atoms with Crippen LogP contribution in [-0.4, -0.2) is 16.1 Å². The van der Waals surface area contributed by atoms with Crippen molar-refractivity contribution in [2.45, 2.75) is 0 Å². The summed E-state index contributed by atoms with van der Waals surface area (Å²) < 4.78 is 14.6. The highest BCUT2D eigenvalue weighted by Gasteiger charge is 2.16. The van der Waals surface area contributed by atoms with E-state index >= 15 is 0 Å². The van der Waals surface area contributed by atoms with Crippen molar-refractivity contribution in [2.24, 2.45) is 0 Å². The van der Waals surface area contributed by atoms with Crippen LogP contribution >= 0.6 is 34.2 Å². The Hall–Kier alpha value is -1.67. The van der Waals surface area contributed by atoms with Crippen molar-refractivity contribution in [1.29, 1.82) is 0 Å². The number of carbonyl (C=O) groups is 1. The number of nitrogens with one attached hydrogen (secondary N) is 2. The highest BCUT2D eigenvalue weighted by atomic mass is 127. The summed E-state index contributed by atoms with van der Waals surface area (Å²) >= 11 is 8.01. The Balaban J connectivity index is 1.92. The van der Waals surface area contributed by atoms with Gasteiger partial charge in [-0.15, -0.1) is 0 Å². The van der Waals surface area contributed by atoms with E-state index in [2.05, 4.69) is 38.1 Å². The minimum Gasteiger partial charge on any atom is -0.322 e. The van der Waals surface area contributed by atoms with Gasteiger partial charge in [-0.3, -0.25) is 9.89 Å². The first kappa shape index (κ1) is 14.3. The number of aromatic nitrogens is 2. The molecular weight excluding hydrogens is 408 g/mol. The number of benzene rings is 2. The second kappa shape index (κ2) is 5.61. The Morgan fingerprint density at radius 1 is 1.33 bits per heavy atom. The van der Waals surface area contributed by atoms with Crippen molar-refractivity contribution in [2.75, 3.05) is 5.32 Å². The average Bonchev–Trinajstić information content (AvgIpc) is 2.80. The maximum absolute atomic E-state index is 13.7. The Labute approximate surface area is 137 Å². The molecule has 1 heterocycles. The third-order valence-corrected chi connectivity index (χ3v) is 4.09. The molecule has 0 atom stereocenters. The summed E-state index contributed by atoms with van der Waals surface area (Å²) in [5, 5.41) is 10.6. The summed E-state index contributed by atoms with van der Waals surface area (Å²) in [6.45, 7) is 0. The Bertz CT molecular complexity index is 829. The second-order valence-electron chi connectivity index (χ2n) is 4.32. The molecule has 0 radical (unpaired) electrons. The van der Waals surface area contributed by atoms with Gasteiger partial charge in [0.25, 0.3) is 5.91 Å². The first-order chi connectivity index (χ1) is 10.1. The Kier molecular flexibility index (Phi) is 3.81. The lowest BCUT2D eigenvalue weighted by molar-refractivity contribution is 0.102. The van der Waals surface area contributed by atoms with Crippen LogP contribution in [0.1, 0.15) is 10.4 Å². The van der Waals surface area contributed by atoms with Crippen molar-refractivity contribution in [1.82, 2.24) is 10.2 Å². The molecule has 0 saturated carbocycles. The highest BCUT2D eigenvalue weighted by Crippen LogP contribution is 2.24. The van der Waals surface area contributed by atoms with E-state index in [4.69, 9.17) is 11.6 Å². The molecule has 106 valence electrons. The molecule has 0 aliphatic carbocycles. The van der Waals surface area contributed by atoms with E-state index in [9.17, 15) is 9.18 Å². The third kappa shape index (κ3) is 2.73. The third-order valence-electron chi connectivity index (χ3n) is 2.96. The zero-order chi connectivity index (χ0) is 15.0. The summed E-state index contributed by atoms with van der Waals surface area (Å²) in [7, 11) is 0. The maximum Gasteiger partial charge on any atom is 0.260 e. The predicted molar refractivity (Wildman–Crippen MR) is 88.2 cm³/mol. The van der Waals surface area contributed by atoms with Gasteiger partial charge in [0.1, 0.15) is 9.52 Å². The van der Waals surface area contributed by atoms with Crippen molar-refractivity contribution in [3.8, 4) is 0 Å². The number of nitrogens with zero attached hydrogens (tertiary/aromatic N) is 1. The number of rotatable bonds is 2. The number of amides is 1. The molecular formula is C14H8ClFIN3O. The second-order valence-corrected chi connectivity index (χ2v) is 5.81. The summed E-state index contributed by atoms with van der Waals surface area (Å²) in [4.78, 5) is 12.1. The van der Waals surface area contributed by atoms with E-state index in [0.29, 0.717) is 5.69 Å². The first-order valence-corrected chi connectivity index (χ1v) is 7.41. The molecule has 21 heavy (non-hydrogen) atoms. The van der Waals surface area contributed by atoms with Crippen molar-refractivity contribution in [3.63, 3.8) is 0 Å². The van der Waals surface area contributed by atoms with Crippen LogP contribution in [0.15, 0.2) is 36.4 Å². The topological polar surface area (TPSA) is 57.8 Å². The van der Waals surface area contributed by atoms with Gasteiger partial charge >= 0.3 is 0 Å². The molecule has 0 unspecified atom stereocenters. The fraction of sp³-hybridized carbons (Fsp3) is 0. The Morgan fingerprint density at radius 3 is 2.90 bits per heavy atom. The zero-order valence-corrected chi connectivity index (χ0v) is 13.4. The minimum absolute atomic E-state index is 0.0721. The van der Waals surface area contributed by atoms with Gasteiger partial charge in [0, 0.05) is 11.1 Å². The van der Waals surface area contributed by atoms with Gasteiger partial charge in [0.2, 0.25) is 0 Å². The molecule has 0 aliphatic rings. The summed E-state index contributed by atoms with van der Waals surface area (Å²) in [5.41, 5.74) is 1.07. The van der Waals surface area contributed by atoms with E-state index in [-0.39, 0.29) is 10.6 Å². The minimum atomic E-state index is -0.657. The van der Waals surface area contributed by atoms with Crippen LogP contribution in [0.3, 0.4) is 0 Å². The van der Waals surface area contributed by atoms with Crippen LogP contribution in [-0.2, 0) is 0 Å². The number of H-pyrrole nitrogens is 1. The lowest BCUT2D eigenvalue weighted by Gasteiger charge is -2.07. The number of halogens is 3. The van der Waals surface area contributed by atoms with Crippen molar-refractivity contribution < 1.29 is 9.18 Å². The quantitative estimate of drug-likeness (QED) is 0.616. The van der Waals surface area contributed by atoms with E-state index in [1.807, 2.05) is 6.07 Å². The zero-order valence-electron chi connectivity index (χ0n) is 10.5. The largest absolute Gasteiger partial charge is 0.322 e. The fourth-order valence-electron chi connectivity index (χ4n) is 1.97. The maximum atomic E-state index is 13.7. The molecule has 0 bridgehead atoms. The van der Waals surface area contributed by atoms with Crippen LogP contribution in [0.5, 0.6) is 0 Å². The van der Waals surface area contributed by atoms with E-state index in [1.165, 1.54) is 18.2 Å². The standard InChI is InChI=1S/C14H8ClFIN3O/c15-9-2-1-3-10(16)12(9)14(21)18-7-4-5-8-11(6-7)19-20-13(8)17/h1-6H,(H,18,21)(H,19,20). The van der Waals surface area contributed by atoms with Gasteiger partial charge in [-0.2, -0.15) is 5.10 Å². The van der Waals surface area contributed by atoms with Gasteiger partial charge < -0.3 is 5.32 Å². The molecule has 2 N–H and O–H groups in total. The average molecular weight is 416 g/mol. The first-order valence-electron chi connectivity index (χ1n) is 5.95. The van der Waals surface area contributed by atoms with Gasteiger partial charge in [-0.25, -0.2) is 4.39 Å². The lowest BCUT2D eigenvalue weighted by Crippen LogP contribution is -2.14. The van der Waals surface area contributed by atoms with Crippen LogP contribution in [0.25, 0.3) is 10.9 Å². The fourth-order valence-corrected chi connectivity index (χ4v) is 2.79. The van der Waals surface area contributed by atoms with Gasteiger partial charge in [-0.1, -0.05) is 17.7 Å². The molecule has 0 spiro atoms. The number of hydrogen-bond acceptors (Lipinski definition) is 2. The molecule has 7 heteroatoms. The molecule has 3 aromatic rings. The molecule has 0 aliphatic heterocycles. The Morgan fingerprint density at radius 2 is 2.14 bits per heavy atom. The monoisotopic (exact) mass is 415 g/mol. The molecule has 3 rings (SSSR count). The van der Waals surface area contributed by atoms with Crippen LogP contribution < -0.4 is 5.32 Å². The van der Waals surface area contributed by atoms with Gasteiger partial charge in [0.05, 0.1) is 16.1 Å². The number of carbonyl (C=O) groups excluding carboxylic acids is 1. The number of fused-ring (bicyclic) bond motifs is 1. The van der Waals surface area contributed by atoms with Crippen LogP contribution in [0.2, 0.25) is 5.02 Å². The SMILES string of the molecule is O=C(Nc1ccc2c(I)[nH]nc2c1)c1c(F)cccc1Cl. The molecule has 1 amide bonds. The predicted octanol–water partition coefficient (Wildman–Crippen LogP) is 4.21. The van der Waals surface area contributed by atoms with E-state index in [1.54, 1.807) is 12.1 Å². The molecule has 0 saturated heterocycles. The molecule has 4 nitrogen and oxygen atoms in total. The van der Waals surface area contributed by atoms with Crippen molar-refractivity contribution >= 4 is 56.7 Å². The van der Waals surface area contributed by atoms with Gasteiger partial charge in [-0.05, 0) is 52.9 Å². The summed E-state index contributed by atoms with van der Waals surface area (Å²) in [6.07, 6.45) is 0. The lowest BCUT2D eigenvalue weighted by atomic mass is 10.2. The van der Waals surface area contributed by atoms with E-state index < -0.39 is 11.7 Å². The van der Waals surface area contributed by atoms with Crippen LogP contribution in [0.4, 0.5) is 10.1 Å². The van der Waals surface area contributed by atoms with Crippen LogP contribution in [0, 0.1) is 9.52 Å². The summed E-state index contributed by atoms with van der Waals surface area (Å²) in [5.74, 6) is -1.25. The molecule has 1 aromatic heterocycles. The summed E-state index contributed by atoms with van der Waals surface area (Å²) in [6, 6.07) is 9.39. The smallest absolute Gasteiger partial charge is 0.260 e.